The first-order valence-corrected chi connectivity index (χ1v) is 11.8. The van der Waals surface area contributed by atoms with Crippen molar-refractivity contribution in [3.05, 3.63) is 59.4 Å². The Bertz CT molecular complexity index is 1090. The summed E-state index contributed by atoms with van der Waals surface area (Å²) in [5, 5.41) is 13.9. The maximum atomic E-state index is 12.9. The lowest BCUT2D eigenvalue weighted by Crippen LogP contribution is -2.30. The molecule has 2 heterocycles. The van der Waals surface area contributed by atoms with Crippen LogP contribution in [0.1, 0.15) is 53.5 Å². The molecule has 2 aromatic carbocycles. The number of nitrogens with one attached hydrogen (secondary N) is 1. The highest BCUT2D eigenvalue weighted by atomic mass is 16.5. The van der Waals surface area contributed by atoms with E-state index in [0.29, 0.717) is 31.6 Å². The number of anilines is 1. The molecule has 0 saturated carbocycles. The van der Waals surface area contributed by atoms with Gasteiger partial charge in [-0.15, -0.1) is 0 Å². The topological polar surface area (TPSA) is 79.6 Å². The number of aromatic nitrogens is 2. The first kappa shape index (κ1) is 23.3. The summed E-state index contributed by atoms with van der Waals surface area (Å²) in [6.45, 7) is 2.81. The summed E-state index contributed by atoms with van der Waals surface area (Å²) in [6, 6.07) is 13.7. The monoisotopic (exact) mass is 450 g/mol. The van der Waals surface area contributed by atoms with Gasteiger partial charge < -0.3 is 24.6 Å². The highest BCUT2D eigenvalue weighted by Gasteiger charge is 2.21. The van der Waals surface area contributed by atoms with Gasteiger partial charge in [0.1, 0.15) is 5.82 Å². The van der Waals surface area contributed by atoms with Crippen LogP contribution >= 0.6 is 0 Å². The van der Waals surface area contributed by atoms with Gasteiger partial charge in [-0.2, -0.15) is 0 Å². The van der Waals surface area contributed by atoms with Crippen LogP contribution in [0, 0.1) is 0 Å². The third-order valence-electron chi connectivity index (χ3n) is 6.47. The standard InChI is InChI=1S/C26H34N4O3/c1-29-23-9-6-5-8-21(23)28-25(29)13-14-27-26(32)19-11-12-22-20(18-19)24(31)10-4-3-7-15-30(22)16-17-33-2/h5-6,8-9,11-12,18,24,31H,3-4,7,10,13-17H2,1-2H3,(H,27,32). The maximum Gasteiger partial charge on any atom is 0.251 e. The molecule has 1 aliphatic heterocycles. The minimum atomic E-state index is -0.573. The van der Waals surface area contributed by atoms with E-state index in [1.54, 1.807) is 7.11 Å². The van der Waals surface area contributed by atoms with Gasteiger partial charge in [-0.3, -0.25) is 4.79 Å². The molecule has 1 unspecified atom stereocenters. The molecule has 7 nitrogen and oxygen atoms in total. The number of carbonyl (C=O) groups excluding carboxylic acids is 1. The van der Waals surface area contributed by atoms with E-state index in [1.165, 1.54) is 0 Å². The fourth-order valence-electron chi connectivity index (χ4n) is 4.59. The van der Waals surface area contributed by atoms with Gasteiger partial charge in [-0.25, -0.2) is 4.98 Å². The van der Waals surface area contributed by atoms with Gasteiger partial charge in [-0.1, -0.05) is 25.0 Å². The second-order valence-electron chi connectivity index (χ2n) is 8.70. The van der Waals surface area contributed by atoms with Gasteiger partial charge in [0.05, 0.1) is 23.7 Å². The Balaban J connectivity index is 1.47. The van der Waals surface area contributed by atoms with Crippen LogP contribution in [0.25, 0.3) is 11.0 Å². The molecule has 7 heteroatoms. The van der Waals surface area contributed by atoms with E-state index in [0.717, 1.165) is 60.5 Å². The van der Waals surface area contributed by atoms with E-state index in [2.05, 4.69) is 19.8 Å². The van der Waals surface area contributed by atoms with Crippen LogP contribution in [-0.4, -0.2) is 53.9 Å². The van der Waals surface area contributed by atoms with Crippen molar-refractivity contribution >= 4 is 22.6 Å². The maximum absolute atomic E-state index is 12.9. The number of fused-ring (bicyclic) bond motifs is 2. The predicted molar refractivity (Wildman–Crippen MR) is 131 cm³/mol. The summed E-state index contributed by atoms with van der Waals surface area (Å²) < 4.78 is 7.36. The first-order chi connectivity index (χ1) is 16.1. The van der Waals surface area contributed by atoms with Crippen molar-refractivity contribution in [1.29, 1.82) is 0 Å². The van der Waals surface area contributed by atoms with Crippen molar-refractivity contribution in [2.75, 3.05) is 38.3 Å². The molecule has 0 aliphatic carbocycles. The number of benzene rings is 2. The zero-order chi connectivity index (χ0) is 23.2. The summed E-state index contributed by atoms with van der Waals surface area (Å²) in [5.41, 5.74) is 4.45. The Morgan fingerprint density at radius 3 is 2.88 bits per heavy atom. The van der Waals surface area contributed by atoms with Gasteiger partial charge in [0, 0.05) is 57.0 Å². The van der Waals surface area contributed by atoms with E-state index < -0.39 is 6.10 Å². The largest absolute Gasteiger partial charge is 0.388 e. The number of methoxy groups -OCH3 is 1. The quantitative estimate of drug-likeness (QED) is 0.575. The minimum Gasteiger partial charge on any atom is -0.388 e. The highest BCUT2D eigenvalue weighted by Crippen LogP contribution is 2.32. The van der Waals surface area contributed by atoms with Gasteiger partial charge in [0.15, 0.2) is 0 Å². The molecule has 0 bridgehead atoms. The lowest BCUT2D eigenvalue weighted by atomic mass is 9.99. The van der Waals surface area contributed by atoms with Crippen molar-refractivity contribution in [2.45, 2.75) is 38.2 Å². The van der Waals surface area contributed by atoms with Crippen LogP contribution in [0.4, 0.5) is 5.69 Å². The number of hydrogen-bond acceptors (Lipinski definition) is 5. The third kappa shape index (κ3) is 5.37. The Hall–Kier alpha value is -2.90. The molecule has 2 N–H and O–H groups in total. The van der Waals surface area contributed by atoms with Crippen LogP contribution in [-0.2, 0) is 18.2 Å². The third-order valence-corrected chi connectivity index (χ3v) is 6.47. The van der Waals surface area contributed by atoms with Crippen molar-refractivity contribution in [3.8, 4) is 0 Å². The lowest BCUT2D eigenvalue weighted by Gasteiger charge is -2.28. The Kier molecular flexibility index (Phi) is 7.62. The molecule has 0 radical (unpaired) electrons. The van der Waals surface area contributed by atoms with E-state index in [-0.39, 0.29) is 5.91 Å². The van der Waals surface area contributed by atoms with Crippen molar-refractivity contribution < 1.29 is 14.6 Å². The normalized spacial score (nSPS) is 16.7. The molecule has 0 fully saturated rings. The predicted octanol–water partition coefficient (Wildman–Crippen LogP) is 3.61. The van der Waals surface area contributed by atoms with Crippen LogP contribution in [0.15, 0.2) is 42.5 Å². The molecular formula is C26H34N4O3. The van der Waals surface area contributed by atoms with E-state index in [4.69, 9.17) is 4.74 Å². The van der Waals surface area contributed by atoms with E-state index >= 15 is 0 Å². The lowest BCUT2D eigenvalue weighted by molar-refractivity contribution is 0.0953. The summed E-state index contributed by atoms with van der Waals surface area (Å²) in [6.07, 6.45) is 3.94. The summed E-state index contributed by atoms with van der Waals surface area (Å²) in [5.74, 6) is 0.808. The number of nitrogens with zero attached hydrogens (tertiary/aromatic N) is 3. The van der Waals surface area contributed by atoms with Crippen molar-refractivity contribution in [3.63, 3.8) is 0 Å². The Morgan fingerprint density at radius 2 is 2.06 bits per heavy atom. The first-order valence-electron chi connectivity index (χ1n) is 11.8. The van der Waals surface area contributed by atoms with Gasteiger partial charge in [-0.05, 0) is 43.2 Å². The van der Waals surface area contributed by atoms with Crippen molar-refractivity contribution in [2.24, 2.45) is 7.05 Å². The van der Waals surface area contributed by atoms with Gasteiger partial charge >= 0.3 is 0 Å². The number of amides is 1. The molecule has 176 valence electrons. The number of rotatable bonds is 7. The minimum absolute atomic E-state index is 0.132. The molecule has 0 saturated heterocycles. The number of aliphatic hydroxyl groups excluding tert-OH is 1. The molecule has 3 aromatic rings. The summed E-state index contributed by atoms with van der Waals surface area (Å²) in [4.78, 5) is 19.8. The smallest absolute Gasteiger partial charge is 0.251 e. The van der Waals surface area contributed by atoms with E-state index in [1.807, 2.05) is 49.5 Å². The number of ether oxygens (including phenoxy) is 1. The number of aliphatic hydroxyl groups is 1. The molecule has 1 aromatic heterocycles. The number of imidazole rings is 1. The van der Waals surface area contributed by atoms with Crippen molar-refractivity contribution in [1.82, 2.24) is 14.9 Å². The fourth-order valence-corrected chi connectivity index (χ4v) is 4.59. The average Bonchev–Trinajstić information content (AvgIpc) is 3.18. The summed E-state index contributed by atoms with van der Waals surface area (Å²) in [7, 11) is 3.70. The summed E-state index contributed by atoms with van der Waals surface area (Å²) >= 11 is 0. The second-order valence-corrected chi connectivity index (χ2v) is 8.70. The molecule has 4 rings (SSSR count). The van der Waals surface area contributed by atoms with Crippen LogP contribution in [0.3, 0.4) is 0 Å². The van der Waals surface area contributed by atoms with Crippen LogP contribution < -0.4 is 10.2 Å². The van der Waals surface area contributed by atoms with Crippen LogP contribution in [0.2, 0.25) is 0 Å². The fraction of sp³-hybridized carbons (Fsp3) is 0.462. The molecule has 33 heavy (non-hydrogen) atoms. The Labute approximate surface area is 195 Å². The SMILES string of the molecule is COCCN1CCCCCC(O)c2cc(C(=O)NCCc3nc4ccccc4n3C)ccc21. The zero-order valence-electron chi connectivity index (χ0n) is 19.6. The number of aryl methyl sites for hydroxylation is 1. The second kappa shape index (κ2) is 10.8. The number of hydrogen-bond donors (Lipinski definition) is 2. The Morgan fingerprint density at radius 1 is 1.21 bits per heavy atom. The van der Waals surface area contributed by atoms with Gasteiger partial charge in [0.2, 0.25) is 0 Å². The van der Waals surface area contributed by atoms with Gasteiger partial charge in [0.25, 0.3) is 5.91 Å². The number of para-hydroxylation sites is 2. The molecule has 0 spiro atoms. The highest BCUT2D eigenvalue weighted by molar-refractivity contribution is 5.95. The molecular weight excluding hydrogens is 416 g/mol. The molecule has 1 atom stereocenters. The number of carbonyl (C=O) groups is 1. The zero-order valence-corrected chi connectivity index (χ0v) is 19.6. The van der Waals surface area contributed by atoms with Crippen LogP contribution in [0.5, 0.6) is 0 Å². The van der Waals surface area contributed by atoms with E-state index in [9.17, 15) is 9.90 Å². The average molecular weight is 451 g/mol. The molecule has 1 amide bonds. The molecule has 1 aliphatic rings.